The molecule has 1 saturated heterocycles. The van der Waals surface area contributed by atoms with Gasteiger partial charge in [-0.2, -0.15) is 0 Å². The lowest BCUT2D eigenvalue weighted by molar-refractivity contribution is 0.0538. The minimum atomic E-state index is 0.400. The van der Waals surface area contributed by atoms with Crippen molar-refractivity contribution < 1.29 is 4.74 Å². The molecule has 2 rings (SSSR count). The van der Waals surface area contributed by atoms with Crippen LogP contribution in [-0.4, -0.2) is 19.8 Å². The highest BCUT2D eigenvalue weighted by molar-refractivity contribution is 6.31. The number of hydrogen-bond donors (Lipinski definition) is 1. The molecule has 1 aromatic carbocycles. The van der Waals surface area contributed by atoms with E-state index in [1.165, 1.54) is 5.56 Å². The fourth-order valence-corrected chi connectivity index (χ4v) is 2.82. The number of hydrogen-bond acceptors (Lipinski definition) is 2. The molecule has 1 unspecified atom stereocenters. The van der Waals surface area contributed by atoms with Crippen molar-refractivity contribution in [3.8, 4) is 0 Å². The SMILES string of the molecule is CCNC(c1ccc(C)c(Cl)c1)C1CCOCC1. The average molecular weight is 268 g/mol. The van der Waals surface area contributed by atoms with Crippen LogP contribution in [-0.2, 0) is 4.74 Å². The highest BCUT2D eigenvalue weighted by Crippen LogP contribution is 2.31. The van der Waals surface area contributed by atoms with Crippen molar-refractivity contribution in [3.05, 3.63) is 34.3 Å². The Kier molecular flexibility index (Phi) is 5.04. The second-order valence-corrected chi connectivity index (χ2v) is 5.40. The molecule has 2 nitrogen and oxygen atoms in total. The van der Waals surface area contributed by atoms with Crippen molar-refractivity contribution >= 4 is 11.6 Å². The molecule has 1 atom stereocenters. The van der Waals surface area contributed by atoms with Crippen LogP contribution in [0.15, 0.2) is 18.2 Å². The maximum Gasteiger partial charge on any atom is 0.0469 e. The number of nitrogens with one attached hydrogen (secondary N) is 1. The van der Waals surface area contributed by atoms with E-state index in [0.717, 1.165) is 43.2 Å². The molecular formula is C15H22ClNO. The standard InChI is InChI=1S/C15H22ClNO/c1-3-17-15(12-6-8-18-9-7-12)13-5-4-11(2)14(16)10-13/h4-5,10,12,15,17H,3,6-9H2,1-2H3. The first-order valence-electron chi connectivity index (χ1n) is 6.79. The van der Waals surface area contributed by atoms with Gasteiger partial charge in [-0.3, -0.25) is 0 Å². The van der Waals surface area contributed by atoms with Crippen molar-refractivity contribution in [1.29, 1.82) is 0 Å². The Bertz CT molecular complexity index is 388. The van der Waals surface area contributed by atoms with Gasteiger partial charge in [-0.25, -0.2) is 0 Å². The third kappa shape index (κ3) is 3.25. The summed E-state index contributed by atoms with van der Waals surface area (Å²) in [6.07, 6.45) is 2.26. The Morgan fingerprint density at radius 1 is 1.39 bits per heavy atom. The Morgan fingerprint density at radius 3 is 2.72 bits per heavy atom. The van der Waals surface area contributed by atoms with Crippen molar-refractivity contribution in [1.82, 2.24) is 5.32 Å². The Hall–Kier alpha value is -0.570. The second-order valence-electron chi connectivity index (χ2n) is 4.99. The number of halogens is 1. The zero-order valence-corrected chi connectivity index (χ0v) is 12.0. The summed E-state index contributed by atoms with van der Waals surface area (Å²) in [5, 5.41) is 4.46. The summed E-state index contributed by atoms with van der Waals surface area (Å²) in [6, 6.07) is 6.82. The Labute approximate surface area is 115 Å². The summed E-state index contributed by atoms with van der Waals surface area (Å²) in [5.74, 6) is 0.650. The van der Waals surface area contributed by atoms with Gasteiger partial charge in [0.2, 0.25) is 0 Å². The molecule has 3 heteroatoms. The van der Waals surface area contributed by atoms with E-state index in [1.54, 1.807) is 0 Å². The fraction of sp³-hybridized carbons (Fsp3) is 0.600. The van der Waals surface area contributed by atoms with Crippen LogP contribution in [0, 0.1) is 12.8 Å². The van der Waals surface area contributed by atoms with Crippen LogP contribution in [0.2, 0.25) is 5.02 Å². The van der Waals surface area contributed by atoms with Crippen molar-refractivity contribution in [2.45, 2.75) is 32.7 Å². The normalized spacial score (nSPS) is 18.8. The number of ether oxygens (including phenoxy) is 1. The summed E-state index contributed by atoms with van der Waals surface area (Å²) in [6.45, 7) is 6.94. The lowest BCUT2D eigenvalue weighted by atomic mass is 9.87. The molecule has 100 valence electrons. The first-order valence-corrected chi connectivity index (χ1v) is 7.17. The third-order valence-electron chi connectivity index (χ3n) is 3.72. The van der Waals surface area contributed by atoms with E-state index >= 15 is 0 Å². The van der Waals surface area contributed by atoms with Crippen LogP contribution >= 0.6 is 11.6 Å². The van der Waals surface area contributed by atoms with Gasteiger partial charge in [0, 0.05) is 24.3 Å². The molecule has 0 spiro atoms. The lowest BCUT2D eigenvalue weighted by Gasteiger charge is -2.31. The molecule has 1 aliphatic rings. The molecule has 0 saturated carbocycles. The zero-order valence-electron chi connectivity index (χ0n) is 11.2. The molecule has 18 heavy (non-hydrogen) atoms. The van der Waals surface area contributed by atoms with Gasteiger partial charge in [-0.05, 0) is 49.4 Å². The smallest absolute Gasteiger partial charge is 0.0469 e. The second kappa shape index (κ2) is 6.55. The molecule has 0 amide bonds. The lowest BCUT2D eigenvalue weighted by Crippen LogP contribution is -2.32. The van der Waals surface area contributed by atoms with Gasteiger partial charge in [0.1, 0.15) is 0 Å². The van der Waals surface area contributed by atoms with Crippen molar-refractivity contribution in [2.24, 2.45) is 5.92 Å². The zero-order chi connectivity index (χ0) is 13.0. The monoisotopic (exact) mass is 267 g/mol. The first-order chi connectivity index (χ1) is 8.72. The maximum absolute atomic E-state index is 6.24. The first kappa shape index (κ1) is 13.9. The van der Waals surface area contributed by atoms with Gasteiger partial charge >= 0.3 is 0 Å². The van der Waals surface area contributed by atoms with E-state index in [1.807, 2.05) is 6.92 Å². The van der Waals surface area contributed by atoms with Crippen LogP contribution in [0.4, 0.5) is 0 Å². The van der Waals surface area contributed by atoms with E-state index in [0.29, 0.717) is 12.0 Å². The van der Waals surface area contributed by atoms with Crippen LogP contribution in [0.25, 0.3) is 0 Å². The average Bonchev–Trinajstić information content (AvgIpc) is 2.40. The fourth-order valence-electron chi connectivity index (χ4n) is 2.63. The molecule has 1 heterocycles. The Balaban J connectivity index is 2.19. The molecule has 1 N–H and O–H groups in total. The predicted molar refractivity (Wildman–Crippen MR) is 76.1 cm³/mol. The largest absolute Gasteiger partial charge is 0.381 e. The van der Waals surface area contributed by atoms with Gasteiger partial charge in [0.15, 0.2) is 0 Å². The van der Waals surface area contributed by atoms with Crippen LogP contribution in [0.5, 0.6) is 0 Å². The summed E-state index contributed by atoms with van der Waals surface area (Å²) >= 11 is 6.24. The van der Waals surface area contributed by atoms with Gasteiger partial charge in [0.25, 0.3) is 0 Å². The number of aryl methyl sites for hydroxylation is 1. The molecular weight excluding hydrogens is 246 g/mol. The topological polar surface area (TPSA) is 21.3 Å². The van der Waals surface area contributed by atoms with Gasteiger partial charge < -0.3 is 10.1 Å². The summed E-state index contributed by atoms with van der Waals surface area (Å²) < 4.78 is 5.45. The predicted octanol–water partition coefficient (Wildman–Crippen LogP) is 3.73. The molecule has 0 aromatic heterocycles. The van der Waals surface area contributed by atoms with E-state index in [4.69, 9.17) is 16.3 Å². The molecule has 0 bridgehead atoms. The van der Waals surface area contributed by atoms with Crippen LogP contribution < -0.4 is 5.32 Å². The summed E-state index contributed by atoms with van der Waals surface area (Å²) in [5.41, 5.74) is 2.45. The summed E-state index contributed by atoms with van der Waals surface area (Å²) in [4.78, 5) is 0. The molecule has 1 aromatic rings. The van der Waals surface area contributed by atoms with Gasteiger partial charge in [-0.15, -0.1) is 0 Å². The van der Waals surface area contributed by atoms with E-state index < -0.39 is 0 Å². The molecule has 1 aliphatic heterocycles. The quantitative estimate of drug-likeness (QED) is 0.898. The highest BCUT2D eigenvalue weighted by Gasteiger charge is 2.24. The minimum Gasteiger partial charge on any atom is -0.381 e. The van der Waals surface area contributed by atoms with Gasteiger partial charge in [-0.1, -0.05) is 30.7 Å². The van der Waals surface area contributed by atoms with Crippen molar-refractivity contribution in [2.75, 3.05) is 19.8 Å². The van der Waals surface area contributed by atoms with Crippen LogP contribution in [0.1, 0.15) is 36.9 Å². The van der Waals surface area contributed by atoms with E-state index in [9.17, 15) is 0 Å². The Morgan fingerprint density at radius 2 is 2.11 bits per heavy atom. The van der Waals surface area contributed by atoms with Gasteiger partial charge in [0.05, 0.1) is 0 Å². The molecule has 0 aliphatic carbocycles. The van der Waals surface area contributed by atoms with E-state index in [2.05, 4.69) is 30.4 Å². The molecule has 0 radical (unpaired) electrons. The number of rotatable bonds is 4. The van der Waals surface area contributed by atoms with Crippen LogP contribution in [0.3, 0.4) is 0 Å². The van der Waals surface area contributed by atoms with E-state index in [-0.39, 0.29) is 0 Å². The molecule has 1 fully saturated rings. The maximum atomic E-state index is 6.24. The third-order valence-corrected chi connectivity index (χ3v) is 4.12. The number of benzene rings is 1. The highest BCUT2D eigenvalue weighted by atomic mass is 35.5. The van der Waals surface area contributed by atoms with Crippen molar-refractivity contribution in [3.63, 3.8) is 0 Å². The summed E-state index contributed by atoms with van der Waals surface area (Å²) in [7, 11) is 0. The minimum absolute atomic E-state index is 0.400.